The second kappa shape index (κ2) is 9.33. The Morgan fingerprint density at radius 3 is 2.91 bits per heavy atom. The molecule has 0 atom stereocenters. The Kier molecular flexibility index (Phi) is 7.10. The summed E-state index contributed by atoms with van der Waals surface area (Å²) < 4.78 is 5.98. The molecule has 0 unspecified atom stereocenters. The van der Waals surface area contributed by atoms with E-state index in [0.717, 1.165) is 15.6 Å². The highest BCUT2D eigenvalue weighted by Gasteiger charge is 2.01. The lowest BCUT2D eigenvalue weighted by molar-refractivity contribution is 0.140. The standard InChI is InChI=1S/C17H16BrClN2O2/c18-15-10-14(16(19)21-11-15)8-4-5-9-20-17(22)23-12-13-6-2-1-3-7-13/h1-4,6-8,10-11H,5,9,12H2,(H,20,22). The van der Waals surface area contributed by atoms with Crippen LogP contribution in [0, 0.1) is 0 Å². The molecule has 0 saturated heterocycles. The number of rotatable bonds is 6. The smallest absolute Gasteiger partial charge is 0.407 e. The number of ether oxygens (including phenoxy) is 1. The van der Waals surface area contributed by atoms with Crippen molar-refractivity contribution in [3.05, 3.63) is 69.4 Å². The molecule has 1 amide bonds. The molecule has 0 saturated carbocycles. The van der Waals surface area contributed by atoms with Crippen molar-refractivity contribution < 1.29 is 9.53 Å². The summed E-state index contributed by atoms with van der Waals surface area (Å²) in [5, 5.41) is 3.14. The van der Waals surface area contributed by atoms with Crippen LogP contribution in [0.2, 0.25) is 5.15 Å². The molecule has 120 valence electrons. The van der Waals surface area contributed by atoms with Gasteiger partial charge in [-0.3, -0.25) is 0 Å². The van der Waals surface area contributed by atoms with Crippen molar-refractivity contribution >= 4 is 39.7 Å². The lowest BCUT2D eigenvalue weighted by Gasteiger charge is -2.06. The molecule has 0 aliphatic carbocycles. The number of alkyl carbamates (subject to hydrolysis) is 1. The molecular formula is C17H16BrClN2O2. The molecule has 0 fully saturated rings. The van der Waals surface area contributed by atoms with Gasteiger partial charge in [0.15, 0.2) is 0 Å². The summed E-state index contributed by atoms with van der Waals surface area (Å²) in [6.07, 6.45) is 5.68. The molecule has 2 rings (SSSR count). The minimum Gasteiger partial charge on any atom is -0.445 e. The van der Waals surface area contributed by atoms with Crippen molar-refractivity contribution in [3.63, 3.8) is 0 Å². The topological polar surface area (TPSA) is 51.2 Å². The molecule has 1 aromatic heterocycles. The van der Waals surface area contributed by atoms with Crippen LogP contribution < -0.4 is 5.32 Å². The number of amides is 1. The van der Waals surface area contributed by atoms with Gasteiger partial charge in [-0.2, -0.15) is 0 Å². The van der Waals surface area contributed by atoms with Crippen molar-refractivity contribution in [2.45, 2.75) is 13.0 Å². The highest BCUT2D eigenvalue weighted by Crippen LogP contribution is 2.19. The third-order valence-corrected chi connectivity index (χ3v) is 3.67. The van der Waals surface area contributed by atoms with Gasteiger partial charge in [0, 0.05) is 22.8 Å². The van der Waals surface area contributed by atoms with Gasteiger partial charge < -0.3 is 10.1 Å². The van der Waals surface area contributed by atoms with Gasteiger partial charge in [0.1, 0.15) is 11.8 Å². The van der Waals surface area contributed by atoms with Gasteiger partial charge in [-0.15, -0.1) is 0 Å². The van der Waals surface area contributed by atoms with E-state index in [2.05, 4.69) is 26.2 Å². The predicted molar refractivity (Wildman–Crippen MR) is 95.2 cm³/mol. The van der Waals surface area contributed by atoms with Crippen molar-refractivity contribution in [1.82, 2.24) is 10.3 Å². The van der Waals surface area contributed by atoms with Crippen LogP contribution in [0.4, 0.5) is 4.79 Å². The predicted octanol–water partition coefficient (Wildman–Crippen LogP) is 4.83. The monoisotopic (exact) mass is 394 g/mol. The van der Waals surface area contributed by atoms with Crippen molar-refractivity contribution in [1.29, 1.82) is 0 Å². The molecule has 1 heterocycles. The van der Waals surface area contributed by atoms with Gasteiger partial charge in [0.05, 0.1) is 0 Å². The Hall–Kier alpha value is -1.85. The van der Waals surface area contributed by atoms with Gasteiger partial charge in [0.25, 0.3) is 0 Å². The summed E-state index contributed by atoms with van der Waals surface area (Å²) in [7, 11) is 0. The van der Waals surface area contributed by atoms with Crippen LogP contribution in [0.25, 0.3) is 6.08 Å². The maximum Gasteiger partial charge on any atom is 0.407 e. The summed E-state index contributed by atoms with van der Waals surface area (Å²) in [6.45, 7) is 0.755. The van der Waals surface area contributed by atoms with Gasteiger partial charge >= 0.3 is 6.09 Å². The van der Waals surface area contributed by atoms with E-state index in [0.29, 0.717) is 18.1 Å². The number of aromatic nitrogens is 1. The minimum absolute atomic E-state index is 0.266. The van der Waals surface area contributed by atoms with E-state index in [1.54, 1.807) is 6.20 Å². The Balaban J connectivity index is 1.67. The van der Waals surface area contributed by atoms with Crippen molar-refractivity contribution in [3.8, 4) is 0 Å². The fourth-order valence-electron chi connectivity index (χ4n) is 1.80. The molecule has 0 bridgehead atoms. The number of benzene rings is 1. The van der Waals surface area contributed by atoms with Gasteiger partial charge in [-0.25, -0.2) is 9.78 Å². The molecule has 0 aliphatic heterocycles. The maximum absolute atomic E-state index is 11.6. The molecule has 0 spiro atoms. The Labute approximate surface area is 148 Å². The number of halogens is 2. The molecule has 0 radical (unpaired) electrons. The normalized spacial score (nSPS) is 10.7. The minimum atomic E-state index is -0.426. The van der Waals surface area contributed by atoms with Crippen LogP contribution in [-0.4, -0.2) is 17.6 Å². The van der Waals surface area contributed by atoms with E-state index in [1.807, 2.05) is 48.6 Å². The number of pyridine rings is 1. The summed E-state index contributed by atoms with van der Waals surface area (Å²) in [6, 6.07) is 11.4. The quantitative estimate of drug-likeness (QED) is 0.563. The molecule has 6 heteroatoms. The first-order valence-electron chi connectivity index (χ1n) is 7.07. The summed E-state index contributed by atoms with van der Waals surface area (Å²) in [5.41, 5.74) is 1.78. The van der Waals surface area contributed by atoms with Gasteiger partial charge in [-0.05, 0) is 34.0 Å². The average molecular weight is 396 g/mol. The van der Waals surface area contributed by atoms with Gasteiger partial charge in [0.2, 0.25) is 0 Å². The van der Waals surface area contributed by atoms with Crippen molar-refractivity contribution in [2.75, 3.05) is 6.54 Å². The van der Waals surface area contributed by atoms with E-state index in [4.69, 9.17) is 16.3 Å². The van der Waals surface area contributed by atoms with E-state index < -0.39 is 6.09 Å². The van der Waals surface area contributed by atoms with E-state index >= 15 is 0 Å². The number of hydrogen-bond donors (Lipinski definition) is 1. The fraction of sp³-hybridized carbons (Fsp3) is 0.176. The second-order valence-electron chi connectivity index (χ2n) is 4.71. The Bertz CT molecular complexity index is 678. The molecule has 2 aromatic rings. The van der Waals surface area contributed by atoms with Crippen LogP contribution in [-0.2, 0) is 11.3 Å². The van der Waals surface area contributed by atoms with Crippen molar-refractivity contribution in [2.24, 2.45) is 0 Å². The number of nitrogens with zero attached hydrogens (tertiary/aromatic N) is 1. The molecular weight excluding hydrogens is 380 g/mol. The van der Waals surface area contributed by atoms with Crippen LogP contribution in [0.15, 0.2) is 53.1 Å². The molecule has 4 nitrogen and oxygen atoms in total. The van der Waals surface area contributed by atoms with Gasteiger partial charge in [-0.1, -0.05) is 54.1 Å². The largest absolute Gasteiger partial charge is 0.445 e. The summed E-state index contributed by atoms with van der Waals surface area (Å²) >= 11 is 9.33. The summed E-state index contributed by atoms with van der Waals surface area (Å²) in [4.78, 5) is 15.6. The fourth-order valence-corrected chi connectivity index (χ4v) is 2.31. The molecule has 23 heavy (non-hydrogen) atoms. The van der Waals surface area contributed by atoms with E-state index in [-0.39, 0.29) is 6.61 Å². The average Bonchev–Trinajstić information content (AvgIpc) is 2.56. The van der Waals surface area contributed by atoms with Crippen LogP contribution in [0.3, 0.4) is 0 Å². The molecule has 1 aromatic carbocycles. The lowest BCUT2D eigenvalue weighted by atomic mass is 10.2. The SMILES string of the molecule is O=C(NCCC=Cc1cc(Br)cnc1Cl)OCc1ccccc1. The zero-order chi connectivity index (χ0) is 16.5. The number of nitrogens with one attached hydrogen (secondary N) is 1. The Morgan fingerprint density at radius 2 is 2.13 bits per heavy atom. The van der Waals surface area contributed by atoms with Crippen LogP contribution >= 0.6 is 27.5 Å². The highest BCUT2D eigenvalue weighted by molar-refractivity contribution is 9.10. The number of carbonyl (C=O) groups excluding carboxylic acids is 1. The molecule has 0 aliphatic rings. The first-order chi connectivity index (χ1) is 11.1. The maximum atomic E-state index is 11.6. The molecule has 1 N–H and O–H groups in total. The first-order valence-corrected chi connectivity index (χ1v) is 8.24. The third-order valence-electron chi connectivity index (χ3n) is 2.92. The number of hydrogen-bond acceptors (Lipinski definition) is 3. The van der Waals surface area contributed by atoms with Crippen LogP contribution in [0.5, 0.6) is 0 Å². The second-order valence-corrected chi connectivity index (χ2v) is 5.99. The third kappa shape index (κ3) is 6.42. The first kappa shape index (κ1) is 17.5. The van der Waals surface area contributed by atoms with E-state index in [9.17, 15) is 4.79 Å². The Morgan fingerprint density at radius 1 is 1.35 bits per heavy atom. The zero-order valence-electron chi connectivity index (χ0n) is 12.3. The summed E-state index contributed by atoms with van der Waals surface area (Å²) in [5.74, 6) is 0. The lowest BCUT2D eigenvalue weighted by Crippen LogP contribution is -2.24. The van der Waals surface area contributed by atoms with Crippen LogP contribution in [0.1, 0.15) is 17.5 Å². The van der Waals surface area contributed by atoms with E-state index in [1.165, 1.54) is 0 Å². The number of carbonyl (C=O) groups is 1. The zero-order valence-corrected chi connectivity index (χ0v) is 14.7. The highest BCUT2D eigenvalue weighted by atomic mass is 79.9.